The van der Waals surface area contributed by atoms with Crippen LogP contribution in [0.5, 0.6) is 0 Å². The number of carbonyl (C=O) groups excluding carboxylic acids is 1. The van der Waals surface area contributed by atoms with E-state index >= 15 is 0 Å². The van der Waals surface area contributed by atoms with Gasteiger partial charge in [0, 0.05) is 0 Å². The molecule has 0 saturated carbocycles. The molecule has 1 aromatic rings. The van der Waals surface area contributed by atoms with E-state index in [1.807, 2.05) is 6.07 Å². The van der Waals surface area contributed by atoms with Gasteiger partial charge in [-0.05, 0) is 5.46 Å². The Bertz CT molecular complexity index is 346. The van der Waals surface area contributed by atoms with Crippen molar-refractivity contribution in [1.82, 2.24) is 0 Å². The fourth-order valence-electron chi connectivity index (χ4n) is 1.04. The van der Waals surface area contributed by atoms with Crippen LogP contribution < -0.4 is 5.46 Å². The summed E-state index contributed by atoms with van der Waals surface area (Å²) >= 11 is 0. The third-order valence-electron chi connectivity index (χ3n) is 2.17. The van der Waals surface area contributed by atoms with Crippen molar-refractivity contribution in [3.05, 3.63) is 30.3 Å². The monoisotopic (exact) mass is 272 g/mol. The maximum atomic E-state index is 9.76. The molecule has 0 aromatic heterocycles. The fourth-order valence-corrected chi connectivity index (χ4v) is 1.04. The van der Waals surface area contributed by atoms with Crippen LogP contribution in [0.2, 0.25) is 0 Å². The Balaban J connectivity index is 0.000000342. The smallest absolute Gasteiger partial charge is 0.423 e. The second-order valence-electron chi connectivity index (χ2n) is 3.65. The molecule has 106 valence electrons. The maximum Gasteiger partial charge on any atom is 0.488 e. The van der Waals surface area contributed by atoms with E-state index in [0.29, 0.717) is 5.46 Å². The van der Waals surface area contributed by atoms with E-state index in [2.05, 4.69) is 0 Å². The Morgan fingerprint density at radius 1 is 1.11 bits per heavy atom. The van der Waals surface area contributed by atoms with E-state index in [1.165, 1.54) is 0 Å². The minimum Gasteiger partial charge on any atom is -0.423 e. The standard InChI is InChI=1S/C6H7BO2.C5H10O5/c8-7(9)6-4-2-1-3-5-6;6-1-3(8)5(10)4(9)2-7/h1-5,8-9H;1,3-5,7-10H,2H2. The molecule has 0 radical (unpaired) electrons. The lowest BCUT2D eigenvalue weighted by Gasteiger charge is -2.16. The molecule has 0 aliphatic carbocycles. The summed E-state index contributed by atoms with van der Waals surface area (Å²) in [7, 11) is -1.34. The highest BCUT2D eigenvalue weighted by Crippen LogP contribution is 1.96. The predicted octanol–water partition coefficient (Wildman–Crippen LogP) is -3.37. The molecule has 0 amide bonds. The molecule has 1 rings (SSSR count). The van der Waals surface area contributed by atoms with Gasteiger partial charge >= 0.3 is 7.12 Å². The summed E-state index contributed by atoms with van der Waals surface area (Å²) in [5.74, 6) is 0. The zero-order valence-corrected chi connectivity index (χ0v) is 10.1. The van der Waals surface area contributed by atoms with Gasteiger partial charge < -0.3 is 35.3 Å². The number of aliphatic hydroxyl groups is 4. The average molecular weight is 272 g/mol. The normalized spacial score (nSPS) is 14.6. The second kappa shape index (κ2) is 9.62. The zero-order chi connectivity index (χ0) is 14.8. The van der Waals surface area contributed by atoms with Gasteiger partial charge in [-0.15, -0.1) is 0 Å². The van der Waals surface area contributed by atoms with Gasteiger partial charge in [0.05, 0.1) is 6.61 Å². The molecule has 0 spiro atoms. The highest BCUT2D eigenvalue weighted by Gasteiger charge is 2.22. The van der Waals surface area contributed by atoms with Crippen LogP contribution in [0.4, 0.5) is 0 Å². The van der Waals surface area contributed by atoms with Crippen molar-refractivity contribution in [2.75, 3.05) is 6.61 Å². The highest BCUT2D eigenvalue weighted by molar-refractivity contribution is 6.58. The number of hydrogen-bond acceptors (Lipinski definition) is 7. The average Bonchev–Trinajstić information content (AvgIpc) is 2.46. The van der Waals surface area contributed by atoms with Crippen molar-refractivity contribution < 1.29 is 35.3 Å². The molecule has 0 aliphatic heterocycles. The van der Waals surface area contributed by atoms with Crippen LogP contribution in [-0.4, -0.2) is 68.8 Å². The Morgan fingerprint density at radius 3 is 1.95 bits per heavy atom. The van der Waals surface area contributed by atoms with Gasteiger partial charge in [0.2, 0.25) is 0 Å². The predicted molar refractivity (Wildman–Crippen MR) is 67.4 cm³/mol. The topological polar surface area (TPSA) is 138 Å². The lowest BCUT2D eigenvalue weighted by molar-refractivity contribution is -0.127. The number of hydrogen-bond donors (Lipinski definition) is 6. The number of aldehydes is 1. The van der Waals surface area contributed by atoms with Gasteiger partial charge in [-0.1, -0.05) is 30.3 Å². The number of benzene rings is 1. The van der Waals surface area contributed by atoms with Crippen LogP contribution in [-0.2, 0) is 4.79 Å². The minimum absolute atomic E-state index is 0.0869. The first-order chi connectivity index (χ1) is 8.93. The van der Waals surface area contributed by atoms with E-state index < -0.39 is 32.0 Å². The van der Waals surface area contributed by atoms with Gasteiger partial charge in [-0.3, -0.25) is 0 Å². The summed E-state index contributed by atoms with van der Waals surface area (Å²) in [4.78, 5) is 9.76. The summed E-state index contributed by atoms with van der Waals surface area (Å²) < 4.78 is 0. The molecule has 8 heteroatoms. The van der Waals surface area contributed by atoms with Gasteiger partial charge in [-0.2, -0.15) is 0 Å². The Kier molecular flexibility index (Phi) is 8.97. The Morgan fingerprint density at radius 2 is 1.63 bits per heavy atom. The number of rotatable bonds is 5. The lowest BCUT2D eigenvalue weighted by atomic mass is 9.81. The van der Waals surface area contributed by atoms with Crippen molar-refractivity contribution >= 4 is 18.9 Å². The summed E-state index contributed by atoms with van der Waals surface area (Å²) in [6, 6.07) is 8.66. The molecule has 3 atom stereocenters. The SMILES string of the molecule is O=CC(O)C(O)C(O)CO.OB(O)c1ccccc1. The lowest BCUT2D eigenvalue weighted by Crippen LogP contribution is -2.40. The Hall–Kier alpha value is -1.29. The highest BCUT2D eigenvalue weighted by atomic mass is 16.4. The van der Waals surface area contributed by atoms with Crippen molar-refractivity contribution in [2.45, 2.75) is 18.3 Å². The van der Waals surface area contributed by atoms with E-state index in [-0.39, 0.29) is 6.29 Å². The van der Waals surface area contributed by atoms with E-state index in [9.17, 15) is 4.79 Å². The molecular weight excluding hydrogens is 255 g/mol. The molecule has 0 bridgehead atoms. The van der Waals surface area contributed by atoms with Crippen molar-refractivity contribution in [2.24, 2.45) is 0 Å². The summed E-state index contributed by atoms with van der Waals surface area (Å²) in [6.45, 7) is -0.688. The molecule has 0 aliphatic rings. The first kappa shape index (κ1) is 17.7. The Labute approximate surface area is 110 Å². The quantitative estimate of drug-likeness (QED) is 0.243. The van der Waals surface area contributed by atoms with E-state index in [1.54, 1.807) is 24.3 Å². The summed E-state index contributed by atoms with van der Waals surface area (Å²) in [6.07, 6.45) is -4.63. The molecule has 6 N–H and O–H groups in total. The zero-order valence-electron chi connectivity index (χ0n) is 10.1. The van der Waals surface area contributed by atoms with Crippen LogP contribution in [0, 0.1) is 0 Å². The number of carbonyl (C=O) groups is 1. The van der Waals surface area contributed by atoms with Gasteiger partial charge in [0.1, 0.15) is 18.3 Å². The molecule has 19 heavy (non-hydrogen) atoms. The molecule has 0 fully saturated rings. The first-order valence-electron chi connectivity index (χ1n) is 5.45. The first-order valence-corrected chi connectivity index (χ1v) is 5.45. The van der Waals surface area contributed by atoms with E-state index in [0.717, 1.165) is 0 Å². The van der Waals surface area contributed by atoms with Crippen LogP contribution in [0.3, 0.4) is 0 Å². The van der Waals surface area contributed by atoms with Crippen molar-refractivity contribution in [3.63, 3.8) is 0 Å². The molecule has 1 aromatic carbocycles. The van der Waals surface area contributed by atoms with E-state index in [4.69, 9.17) is 30.5 Å². The fraction of sp³-hybridized carbons (Fsp3) is 0.364. The third-order valence-corrected chi connectivity index (χ3v) is 2.17. The van der Waals surface area contributed by atoms with Crippen molar-refractivity contribution in [1.29, 1.82) is 0 Å². The van der Waals surface area contributed by atoms with Crippen molar-refractivity contribution in [3.8, 4) is 0 Å². The largest absolute Gasteiger partial charge is 0.488 e. The molecule has 0 saturated heterocycles. The molecule has 0 heterocycles. The third kappa shape index (κ3) is 7.01. The summed E-state index contributed by atoms with van der Waals surface area (Å²) in [5.41, 5.74) is 0.525. The second-order valence-corrected chi connectivity index (χ2v) is 3.65. The summed E-state index contributed by atoms with van der Waals surface area (Å²) in [5, 5.41) is 51.2. The van der Waals surface area contributed by atoms with Gasteiger partial charge in [0.15, 0.2) is 6.29 Å². The molecule has 7 nitrogen and oxygen atoms in total. The van der Waals surface area contributed by atoms with Crippen LogP contribution in [0.1, 0.15) is 0 Å². The van der Waals surface area contributed by atoms with Gasteiger partial charge in [-0.25, -0.2) is 0 Å². The molecular formula is C11H17BO7. The van der Waals surface area contributed by atoms with Crippen LogP contribution >= 0.6 is 0 Å². The maximum absolute atomic E-state index is 9.76. The van der Waals surface area contributed by atoms with Crippen LogP contribution in [0.15, 0.2) is 30.3 Å². The van der Waals surface area contributed by atoms with Gasteiger partial charge in [0.25, 0.3) is 0 Å². The molecule has 3 unspecified atom stereocenters. The number of aliphatic hydroxyl groups excluding tert-OH is 4. The minimum atomic E-state index is -1.64. The van der Waals surface area contributed by atoms with Crippen LogP contribution in [0.25, 0.3) is 0 Å².